The van der Waals surface area contributed by atoms with E-state index in [1.54, 1.807) is 11.8 Å². The maximum absolute atomic E-state index is 12.5. The lowest BCUT2D eigenvalue weighted by Crippen LogP contribution is -2.30. The largest absolute Gasteiger partial charge is 0.618 e. The van der Waals surface area contributed by atoms with Crippen LogP contribution < -0.4 is 4.73 Å². The van der Waals surface area contributed by atoms with Crippen LogP contribution in [0.1, 0.15) is 0 Å². The van der Waals surface area contributed by atoms with Crippen molar-refractivity contribution in [2.45, 2.75) is 4.90 Å². The average molecular weight is 267 g/mol. The van der Waals surface area contributed by atoms with Crippen molar-refractivity contribution < 1.29 is 4.73 Å². The first-order valence-corrected chi connectivity index (χ1v) is 7.28. The van der Waals surface area contributed by atoms with Gasteiger partial charge in [-0.05, 0) is 30.5 Å². The molecule has 0 amide bonds. The lowest BCUT2D eigenvalue weighted by molar-refractivity contribution is -0.565. The fourth-order valence-corrected chi connectivity index (χ4v) is 2.84. The Morgan fingerprint density at radius 2 is 1.63 bits per heavy atom. The van der Waals surface area contributed by atoms with Gasteiger partial charge in [0.25, 0.3) is 0 Å². The molecule has 3 rings (SSSR count). The molecule has 0 saturated carbocycles. The van der Waals surface area contributed by atoms with Gasteiger partial charge < -0.3 is 5.21 Å². The van der Waals surface area contributed by atoms with Crippen molar-refractivity contribution >= 4 is 22.7 Å². The van der Waals surface area contributed by atoms with Crippen LogP contribution >= 0.6 is 11.8 Å². The van der Waals surface area contributed by atoms with E-state index in [9.17, 15) is 5.21 Å². The van der Waals surface area contributed by atoms with Gasteiger partial charge in [0.05, 0.1) is 5.56 Å². The zero-order chi connectivity index (χ0) is 13.2. The highest BCUT2D eigenvalue weighted by Gasteiger charge is 2.14. The Morgan fingerprint density at radius 3 is 2.47 bits per heavy atom. The third-order valence-electron chi connectivity index (χ3n) is 3.18. The average Bonchev–Trinajstić information content (AvgIpc) is 2.48. The molecule has 2 nitrogen and oxygen atoms in total. The molecule has 0 fully saturated rings. The number of rotatable bonds is 2. The van der Waals surface area contributed by atoms with Crippen molar-refractivity contribution in [2.75, 3.05) is 6.26 Å². The molecule has 0 N–H and O–H groups in total. The highest BCUT2D eigenvalue weighted by Crippen LogP contribution is 2.28. The smallest absolute Gasteiger partial charge is 0.225 e. The predicted molar refractivity (Wildman–Crippen MR) is 80.1 cm³/mol. The van der Waals surface area contributed by atoms with Crippen molar-refractivity contribution in [3.63, 3.8) is 0 Å². The second-order valence-electron chi connectivity index (χ2n) is 4.27. The van der Waals surface area contributed by atoms with E-state index >= 15 is 0 Å². The van der Waals surface area contributed by atoms with Gasteiger partial charge in [0.15, 0.2) is 0 Å². The number of hydrogen-bond donors (Lipinski definition) is 0. The Labute approximate surface area is 116 Å². The van der Waals surface area contributed by atoms with Crippen molar-refractivity contribution in [3.8, 4) is 11.3 Å². The lowest BCUT2D eigenvalue weighted by atomic mass is 10.1. The van der Waals surface area contributed by atoms with Gasteiger partial charge in [0, 0.05) is 22.4 Å². The SMILES string of the molecule is CSc1ccccc1-c1ccc2ccccc2[n+]1[O-]. The van der Waals surface area contributed by atoms with E-state index in [0.717, 1.165) is 20.6 Å². The molecule has 94 valence electrons. The number of pyridine rings is 1. The Balaban J connectivity index is 2.28. The molecule has 0 radical (unpaired) electrons. The summed E-state index contributed by atoms with van der Waals surface area (Å²) in [6.07, 6.45) is 2.02. The van der Waals surface area contributed by atoms with Crippen LogP contribution in [0.2, 0.25) is 0 Å². The molecule has 0 aliphatic rings. The van der Waals surface area contributed by atoms with Gasteiger partial charge in [0.2, 0.25) is 11.2 Å². The highest BCUT2D eigenvalue weighted by atomic mass is 32.2. The number of aromatic nitrogens is 1. The number of hydrogen-bond acceptors (Lipinski definition) is 2. The summed E-state index contributed by atoms with van der Waals surface area (Å²) < 4.78 is 1.02. The fraction of sp³-hybridized carbons (Fsp3) is 0.0625. The van der Waals surface area contributed by atoms with Gasteiger partial charge in [-0.2, -0.15) is 4.73 Å². The van der Waals surface area contributed by atoms with Crippen LogP contribution in [0.25, 0.3) is 22.2 Å². The van der Waals surface area contributed by atoms with Crippen LogP contribution in [-0.2, 0) is 0 Å². The van der Waals surface area contributed by atoms with Gasteiger partial charge in [0.1, 0.15) is 0 Å². The van der Waals surface area contributed by atoms with E-state index in [4.69, 9.17) is 0 Å². The van der Waals surface area contributed by atoms with Gasteiger partial charge in [-0.3, -0.25) is 0 Å². The number of benzene rings is 2. The van der Waals surface area contributed by atoms with Gasteiger partial charge in [-0.15, -0.1) is 11.8 Å². The fourth-order valence-electron chi connectivity index (χ4n) is 2.24. The molecule has 19 heavy (non-hydrogen) atoms. The molecule has 3 heteroatoms. The van der Waals surface area contributed by atoms with Crippen molar-refractivity contribution in [3.05, 3.63) is 65.9 Å². The second-order valence-corrected chi connectivity index (χ2v) is 5.12. The van der Waals surface area contributed by atoms with Crippen molar-refractivity contribution in [1.82, 2.24) is 0 Å². The summed E-state index contributed by atoms with van der Waals surface area (Å²) in [4.78, 5) is 1.11. The van der Waals surface area contributed by atoms with E-state index < -0.39 is 0 Å². The zero-order valence-corrected chi connectivity index (χ0v) is 11.4. The third-order valence-corrected chi connectivity index (χ3v) is 3.97. The molecular formula is C16H13NOS. The standard InChI is InChI=1S/C16H13NOS/c1-19-16-9-5-3-7-13(16)15-11-10-12-6-2-4-8-14(12)17(15)18/h2-11H,1H3. The van der Waals surface area contributed by atoms with Gasteiger partial charge in [-0.1, -0.05) is 24.3 Å². The minimum Gasteiger partial charge on any atom is -0.618 e. The predicted octanol–water partition coefficient (Wildman–Crippen LogP) is 3.86. The second kappa shape index (κ2) is 4.94. The minimum absolute atomic E-state index is 0.698. The van der Waals surface area contributed by atoms with Crippen molar-refractivity contribution in [1.29, 1.82) is 0 Å². The first kappa shape index (κ1) is 12.1. The monoisotopic (exact) mass is 267 g/mol. The molecule has 0 saturated heterocycles. The number of para-hydroxylation sites is 1. The summed E-state index contributed by atoms with van der Waals surface area (Å²) in [6.45, 7) is 0. The summed E-state index contributed by atoms with van der Waals surface area (Å²) in [6, 6.07) is 19.5. The molecule has 1 aromatic heterocycles. The van der Waals surface area contributed by atoms with Crippen LogP contribution in [0.3, 0.4) is 0 Å². The molecule has 3 aromatic rings. The molecule has 0 aliphatic heterocycles. The normalized spacial score (nSPS) is 10.8. The van der Waals surface area contributed by atoms with Crippen LogP contribution in [0.5, 0.6) is 0 Å². The summed E-state index contributed by atoms with van der Waals surface area (Å²) >= 11 is 1.65. The van der Waals surface area contributed by atoms with E-state index in [1.165, 1.54) is 0 Å². The summed E-state index contributed by atoms with van der Waals surface area (Å²) in [5, 5.41) is 13.5. The van der Waals surface area contributed by atoms with Gasteiger partial charge >= 0.3 is 0 Å². The zero-order valence-electron chi connectivity index (χ0n) is 10.5. The summed E-state index contributed by atoms with van der Waals surface area (Å²) in [7, 11) is 0. The van der Waals surface area contributed by atoms with E-state index in [2.05, 4.69) is 0 Å². The molecule has 0 spiro atoms. The first-order chi connectivity index (χ1) is 9.31. The molecule has 1 heterocycles. The van der Waals surface area contributed by atoms with Crippen LogP contribution in [-0.4, -0.2) is 6.26 Å². The maximum atomic E-state index is 12.5. The maximum Gasteiger partial charge on any atom is 0.225 e. The highest BCUT2D eigenvalue weighted by molar-refractivity contribution is 7.98. The Kier molecular flexibility index (Phi) is 3.13. The quantitative estimate of drug-likeness (QED) is 0.400. The summed E-state index contributed by atoms with van der Waals surface area (Å²) in [5.74, 6) is 0. The Hall–Kier alpha value is -2.00. The first-order valence-electron chi connectivity index (χ1n) is 6.06. The van der Waals surface area contributed by atoms with E-state index in [1.807, 2.05) is 66.9 Å². The lowest BCUT2D eigenvalue weighted by Gasteiger charge is -2.10. The number of fused-ring (bicyclic) bond motifs is 1. The molecule has 0 unspecified atom stereocenters. The molecule has 0 aliphatic carbocycles. The van der Waals surface area contributed by atoms with E-state index in [0.29, 0.717) is 11.2 Å². The molecule has 0 atom stereocenters. The molecular weight excluding hydrogens is 254 g/mol. The van der Waals surface area contributed by atoms with Crippen molar-refractivity contribution in [2.24, 2.45) is 0 Å². The summed E-state index contributed by atoms with van der Waals surface area (Å²) in [5.41, 5.74) is 2.38. The van der Waals surface area contributed by atoms with E-state index in [-0.39, 0.29) is 0 Å². The van der Waals surface area contributed by atoms with Crippen LogP contribution in [0.15, 0.2) is 65.6 Å². The number of nitrogens with zero attached hydrogens (tertiary/aromatic N) is 1. The number of thioether (sulfide) groups is 1. The molecule has 0 bridgehead atoms. The van der Waals surface area contributed by atoms with Gasteiger partial charge in [-0.25, -0.2) is 0 Å². The minimum atomic E-state index is 0.698. The third kappa shape index (κ3) is 2.06. The topological polar surface area (TPSA) is 26.9 Å². The van der Waals surface area contributed by atoms with Crippen LogP contribution in [0.4, 0.5) is 0 Å². The van der Waals surface area contributed by atoms with Crippen LogP contribution in [0, 0.1) is 5.21 Å². The Bertz CT molecular complexity index is 740. The molecule has 2 aromatic carbocycles. The Morgan fingerprint density at radius 1 is 0.895 bits per heavy atom.